The molecule has 1 fully saturated rings. The number of hydrogen-bond donors (Lipinski definition) is 2. The second-order valence-electron chi connectivity index (χ2n) is 6.49. The van der Waals surface area contributed by atoms with Gasteiger partial charge in [0.2, 0.25) is 0 Å². The second kappa shape index (κ2) is 6.99. The highest BCUT2D eigenvalue weighted by Gasteiger charge is 2.19. The minimum Gasteiger partial charge on any atom is -0.335 e. The van der Waals surface area contributed by atoms with Gasteiger partial charge >= 0.3 is 6.03 Å². The number of hydrogen-bond acceptors (Lipinski definition) is 2. The van der Waals surface area contributed by atoms with Crippen LogP contribution in [0.2, 0.25) is 0 Å². The Kier molecular flexibility index (Phi) is 4.80. The number of carbonyl (C=O) groups excluding carboxylic acids is 1. The maximum Gasteiger partial charge on any atom is 0.320 e. The minimum atomic E-state index is -0.145. The van der Waals surface area contributed by atoms with Crippen LogP contribution in [0.15, 0.2) is 18.2 Å². The van der Waals surface area contributed by atoms with Crippen LogP contribution in [-0.4, -0.2) is 21.9 Å². The van der Waals surface area contributed by atoms with Gasteiger partial charge in [0.1, 0.15) is 0 Å². The molecular formula is C17H26N4O. The van der Waals surface area contributed by atoms with E-state index >= 15 is 0 Å². The second-order valence-corrected chi connectivity index (χ2v) is 6.49. The first-order valence-electron chi connectivity index (χ1n) is 8.51. The first kappa shape index (κ1) is 15.1. The molecule has 0 aromatic carbocycles. The molecule has 5 heteroatoms. The predicted molar refractivity (Wildman–Crippen MR) is 88.0 cm³/mol. The van der Waals surface area contributed by atoms with Crippen molar-refractivity contribution in [2.24, 2.45) is 0 Å². The van der Waals surface area contributed by atoms with Crippen LogP contribution in [0.1, 0.15) is 63.1 Å². The largest absolute Gasteiger partial charge is 0.335 e. The molecule has 3 rings (SSSR count). The molecule has 2 aliphatic carbocycles. The van der Waals surface area contributed by atoms with E-state index in [0.29, 0.717) is 11.9 Å². The lowest BCUT2D eigenvalue weighted by molar-refractivity contribution is 0.247. The highest BCUT2D eigenvalue weighted by Crippen LogP contribution is 2.29. The SMILES string of the molecule is Cc1cc(NC(=O)NC2CC=CCC2)nn1C1CCCCC1. The lowest BCUT2D eigenvalue weighted by atomic mass is 9.95. The molecule has 5 nitrogen and oxygen atoms in total. The average Bonchev–Trinajstić information content (AvgIpc) is 2.89. The summed E-state index contributed by atoms with van der Waals surface area (Å²) in [7, 11) is 0. The molecule has 1 aromatic rings. The standard InChI is InChI=1S/C17H26N4O/c1-13-12-16(20-21(13)15-10-6-3-7-11-15)19-17(22)18-14-8-4-2-5-9-14/h2,4,12,14-15H,3,5-11H2,1H3,(H2,18,19,20,22). The van der Waals surface area contributed by atoms with E-state index in [4.69, 9.17) is 0 Å². The number of aryl methyl sites for hydroxylation is 1. The van der Waals surface area contributed by atoms with E-state index in [1.165, 1.54) is 32.1 Å². The van der Waals surface area contributed by atoms with Crippen molar-refractivity contribution >= 4 is 11.8 Å². The normalized spacial score (nSPS) is 22.5. The lowest BCUT2D eigenvalue weighted by Crippen LogP contribution is -2.38. The van der Waals surface area contributed by atoms with Crippen molar-refractivity contribution in [1.82, 2.24) is 15.1 Å². The van der Waals surface area contributed by atoms with Gasteiger partial charge in [0.15, 0.2) is 5.82 Å². The summed E-state index contributed by atoms with van der Waals surface area (Å²) in [6.45, 7) is 2.07. The highest BCUT2D eigenvalue weighted by molar-refractivity contribution is 5.88. The van der Waals surface area contributed by atoms with Crippen LogP contribution < -0.4 is 10.6 Å². The van der Waals surface area contributed by atoms with E-state index in [1.54, 1.807) is 0 Å². The summed E-state index contributed by atoms with van der Waals surface area (Å²) in [6.07, 6.45) is 13.6. The third-order valence-corrected chi connectivity index (χ3v) is 4.69. The van der Waals surface area contributed by atoms with Crippen molar-refractivity contribution in [2.75, 3.05) is 5.32 Å². The Labute approximate surface area is 132 Å². The van der Waals surface area contributed by atoms with Gasteiger partial charge < -0.3 is 5.32 Å². The molecule has 1 atom stereocenters. The maximum atomic E-state index is 12.1. The molecule has 120 valence electrons. The lowest BCUT2D eigenvalue weighted by Gasteiger charge is -2.23. The van der Waals surface area contributed by atoms with Crippen LogP contribution in [0.3, 0.4) is 0 Å². The van der Waals surface area contributed by atoms with Gasteiger partial charge in [0, 0.05) is 17.8 Å². The maximum absolute atomic E-state index is 12.1. The number of nitrogens with one attached hydrogen (secondary N) is 2. The van der Waals surface area contributed by atoms with Gasteiger partial charge in [0.05, 0.1) is 6.04 Å². The number of nitrogens with zero attached hydrogens (tertiary/aromatic N) is 2. The third kappa shape index (κ3) is 3.70. The zero-order valence-corrected chi connectivity index (χ0v) is 13.3. The molecule has 2 aliphatic rings. The van der Waals surface area contributed by atoms with Gasteiger partial charge in [0.25, 0.3) is 0 Å². The summed E-state index contributed by atoms with van der Waals surface area (Å²) in [5.41, 5.74) is 1.13. The average molecular weight is 302 g/mol. The molecule has 2 N–H and O–H groups in total. The Morgan fingerprint density at radius 2 is 2.05 bits per heavy atom. The van der Waals surface area contributed by atoms with Crippen LogP contribution in [0.4, 0.5) is 10.6 Å². The molecule has 0 bridgehead atoms. The summed E-state index contributed by atoms with van der Waals surface area (Å²) >= 11 is 0. The quantitative estimate of drug-likeness (QED) is 0.831. The summed E-state index contributed by atoms with van der Waals surface area (Å²) in [6, 6.07) is 2.56. The van der Waals surface area contributed by atoms with Gasteiger partial charge in [-0.1, -0.05) is 31.4 Å². The van der Waals surface area contributed by atoms with Gasteiger partial charge in [-0.3, -0.25) is 10.00 Å². The molecule has 22 heavy (non-hydrogen) atoms. The molecule has 1 aromatic heterocycles. The van der Waals surface area contributed by atoms with Crippen LogP contribution in [-0.2, 0) is 0 Å². The van der Waals surface area contributed by atoms with Gasteiger partial charge in [-0.25, -0.2) is 4.79 Å². The Morgan fingerprint density at radius 3 is 2.77 bits per heavy atom. The van der Waals surface area contributed by atoms with Crippen LogP contribution in [0.25, 0.3) is 0 Å². The van der Waals surface area contributed by atoms with Crippen molar-refractivity contribution in [2.45, 2.75) is 70.4 Å². The fourth-order valence-electron chi connectivity index (χ4n) is 3.51. The van der Waals surface area contributed by atoms with Gasteiger partial charge in [-0.2, -0.15) is 5.10 Å². The molecule has 0 saturated heterocycles. The first-order valence-corrected chi connectivity index (χ1v) is 8.51. The minimum absolute atomic E-state index is 0.145. The molecule has 0 aliphatic heterocycles. The van der Waals surface area contributed by atoms with E-state index in [1.807, 2.05) is 6.07 Å². The Bertz CT molecular complexity index is 543. The van der Waals surface area contributed by atoms with E-state index in [0.717, 1.165) is 25.0 Å². The number of rotatable bonds is 3. The van der Waals surface area contributed by atoms with Crippen molar-refractivity contribution in [1.29, 1.82) is 0 Å². The third-order valence-electron chi connectivity index (χ3n) is 4.69. The van der Waals surface area contributed by atoms with Crippen LogP contribution in [0, 0.1) is 6.92 Å². The Balaban J connectivity index is 1.58. The summed E-state index contributed by atoms with van der Waals surface area (Å²) in [4.78, 5) is 12.1. The molecule has 1 heterocycles. The highest BCUT2D eigenvalue weighted by atomic mass is 16.2. The van der Waals surface area contributed by atoms with Crippen LogP contribution in [0.5, 0.6) is 0 Å². The van der Waals surface area contributed by atoms with E-state index in [-0.39, 0.29) is 12.1 Å². The molecule has 2 amide bonds. The van der Waals surface area contributed by atoms with Crippen molar-refractivity contribution in [3.05, 3.63) is 23.9 Å². The fourth-order valence-corrected chi connectivity index (χ4v) is 3.51. The molecule has 1 unspecified atom stereocenters. The van der Waals surface area contributed by atoms with Crippen LogP contribution >= 0.6 is 0 Å². The topological polar surface area (TPSA) is 59.0 Å². The molecular weight excluding hydrogens is 276 g/mol. The van der Waals surface area contributed by atoms with Crippen molar-refractivity contribution < 1.29 is 4.79 Å². The summed E-state index contributed by atoms with van der Waals surface area (Å²) < 4.78 is 2.10. The number of carbonyl (C=O) groups is 1. The smallest absolute Gasteiger partial charge is 0.320 e. The molecule has 1 saturated carbocycles. The summed E-state index contributed by atoms with van der Waals surface area (Å²) in [5, 5.41) is 10.5. The van der Waals surface area contributed by atoms with E-state index in [9.17, 15) is 4.79 Å². The number of aromatic nitrogens is 2. The number of urea groups is 1. The summed E-state index contributed by atoms with van der Waals surface area (Å²) in [5.74, 6) is 0.659. The van der Waals surface area contributed by atoms with Gasteiger partial charge in [-0.15, -0.1) is 0 Å². The zero-order chi connectivity index (χ0) is 15.4. The zero-order valence-electron chi connectivity index (χ0n) is 13.3. The first-order chi connectivity index (χ1) is 10.7. The van der Waals surface area contributed by atoms with Crippen molar-refractivity contribution in [3.8, 4) is 0 Å². The molecule has 0 radical (unpaired) electrons. The Morgan fingerprint density at radius 1 is 1.23 bits per heavy atom. The van der Waals surface area contributed by atoms with E-state index in [2.05, 4.69) is 39.5 Å². The fraction of sp³-hybridized carbons (Fsp3) is 0.647. The monoisotopic (exact) mass is 302 g/mol. The predicted octanol–water partition coefficient (Wildman–Crippen LogP) is 3.93. The van der Waals surface area contributed by atoms with Crippen molar-refractivity contribution in [3.63, 3.8) is 0 Å². The number of allylic oxidation sites excluding steroid dienone is 1. The Hall–Kier alpha value is -1.78. The molecule has 0 spiro atoms. The van der Waals surface area contributed by atoms with E-state index < -0.39 is 0 Å². The number of anilines is 1. The number of amides is 2. The van der Waals surface area contributed by atoms with Gasteiger partial charge in [-0.05, 0) is 39.0 Å².